The third kappa shape index (κ3) is 4.48. The molecule has 0 aliphatic carbocycles. The quantitative estimate of drug-likeness (QED) is 0.775. The Morgan fingerprint density at radius 3 is 2.89 bits per heavy atom. The molecule has 0 spiro atoms. The molecule has 0 amide bonds. The van der Waals surface area contributed by atoms with Crippen LogP contribution in [0, 0.1) is 0 Å². The lowest BCUT2D eigenvalue weighted by molar-refractivity contribution is 0.0765. The van der Waals surface area contributed by atoms with Crippen molar-refractivity contribution in [3.05, 3.63) is 30.5 Å². The Balaban J connectivity index is 1.75. The number of rotatable bonds is 7. The Labute approximate surface area is 114 Å². The van der Waals surface area contributed by atoms with Gasteiger partial charge in [0.2, 0.25) is 5.95 Å². The summed E-state index contributed by atoms with van der Waals surface area (Å²) < 4.78 is 5.49. The molecular formula is C15H21N3O. The SMILES string of the molecule is CC(C)OCCCCNc1ncc2ccccc2n1. The molecule has 0 aliphatic rings. The van der Waals surface area contributed by atoms with E-state index < -0.39 is 0 Å². The first-order chi connectivity index (χ1) is 9.25. The molecule has 0 bridgehead atoms. The molecule has 4 nitrogen and oxygen atoms in total. The summed E-state index contributed by atoms with van der Waals surface area (Å²) in [4.78, 5) is 8.77. The fourth-order valence-corrected chi connectivity index (χ4v) is 1.80. The van der Waals surface area contributed by atoms with Crippen molar-refractivity contribution in [2.24, 2.45) is 0 Å². The zero-order valence-electron chi connectivity index (χ0n) is 11.6. The van der Waals surface area contributed by atoms with E-state index in [-0.39, 0.29) is 0 Å². The van der Waals surface area contributed by atoms with Crippen LogP contribution in [0.25, 0.3) is 10.9 Å². The molecule has 1 heterocycles. The van der Waals surface area contributed by atoms with Gasteiger partial charge in [-0.15, -0.1) is 0 Å². The number of nitrogens with zero attached hydrogens (tertiary/aromatic N) is 2. The number of benzene rings is 1. The number of para-hydroxylation sites is 1. The van der Waals surface area contributed by atoms with Gasteiger partial charge in [0.1, 0.15) is 0 Å². The van der Waals surface area contributed by atoms with Crippen LogP contribution in [-0.4, -0.2) is 29.2 Å². The lowest BCUT2D eigenvalue weighted by Crippen LogP contribution is -2.08. The van der Waals surface area contributed by atoms with Crippen molar-refractivity contribution < 1.29 is 4.74 Å². The molecule has 1 N–H and O–H groups in total. The first-order valence-corrected chi connectivity index (χ1v) is 6.83. The van der Waals surface area contributed by atoms with Crippen molar-refractivity contribution in [3.8, 4) is 0 Å². The molecule has 1 aromatic heterocycles. The highest BCUT2D eigenvalue weighted by Gasteiger charge is 1.99. The highest BCUT2D eigenvalue weighted by molar-refractivity contribution is 5.78. The van der Waals surface area contributed by atoms with E-state index in [4.69, 9.17) is 4.74 Å². The van der Waals surface area contributed by atoms with Gasteiger partial charge in [-0.1, -0.05) is 18.2 Å². The lowest BCUT2D eigenvalue weighted by Gasteiger charge is -2.08. The maximum atomic E-state index is 5.49. The van der Waals surface area contributed by atoms with Crippen molar-refractivity contribution in [2.45, 2.75) is 32.8 Å². The summed E-state index contributed by atoms with van der Waals surface area (Å²) in [7, 11) is 0. The van der Waals surface area contributed by atoms with Crippen LogP contribution in [-0.2, 0) is 4.74 Å². The van der Waals surface area contributed by atoms with E-state index in [1.54, 1.807) is 0 Å². The minimum atomic E-state index is 0.316. The van der Waals surface area contributed by atoms with E-state index in [0.717, 1.165) is 36.9 Å². The molecule has 1 aromatic carbocycles. The number of fused-ring (bicyclic) bond motifs is 1. The van der Waals surface area contributed by atoms with Crippen LogP contribution in [0.5, 0.6) is 0 Å². The molecule has 0 saturated heterocycles. The second-order valence-corrected chi connectivity index (χ2v) is 4.81. The van der Waals surface area contributed by atoms with Gasteiger partial charge in [0.15, 0.2) is 0 Å². The highest BCUT2D eigenvalue weighted by atomic mass is 16.5. The minimum Gasteiger partial charge on any atom is -0.379 e. The van der Waals surface area contributed by atoms with Crippen molar-refractivity contribution in [3.63, 3.8) is 0 Å². The number of ether oxygens (including phenoxy) is 1. The van der Waals surface area contributed by atoms with Crippen LogP contribution < -0.4 is 5.32 Å². The number of nitrogens with one attached hydrogen (secondary N) is 1. The summed E-state index contributed by atoms with van der Waals surface area (Å²) in [5.74, 6) is 0.698. The molecule has 2 rings (SSSR count). The number of unbranched alkanes of at least 4 members (excludes halogenated alkanes) is 1. The lowest BCUT2D eigenvalue weighted by atomic mass is 10.2. The largest absolute Gasteiger partial charge is 0.379 e. The molecule has 2 aromatic rings. The molecule has 0 aliphatic heterocycles. The van der Waals surface area contributed by atoms with Gasteiger partial charge < -0.3 is 10.1 Å². The van der Waals surface area contributed by atoms with Gasteiger partial charge in [-0.05, 0) is 32.8 Å². The molecule has 0 atom stereocenters. The molecule has 0 saturated carbocycles. The predicted molar refractivity (Wildman–Crippen MR) is 78.3 cm³/mol. The molecule has 0 radical (unpaired) electrons. The topological polar surface area (TPSA) is 47.0 Å². The Morgan fingerprint density at radius 1 is 1.21 bits per heavy atom. The van der Waals surface area contributed by atoms with E-state index in [2.05, 4.69) is 29.1 Å². The Hall–Kier alpha value is -1.68. The summed E-state index contributed by atoms with van der Waals surface area (Å²) in [6, 6.07) is 8.00. The number of hydrogen-bond donors (Lipinski definition) is 1. The van der Waals surface area contributed by atoms with Crippen molar-refractivity contribution in [1.82, 2.24) is 9.97 Å². The second kappa shape index (κ2) is 7.04. The average molecular weight is 259 g/mol. The Kier molecular flexibility index (Phi) is 5.10. The summed E-state index contributed by atoms with van der Waals surface area (Å²) in [5, 5.41) is 4.32. The number of aromatic nitrogens is 2. The minimum absolute atomic E-state index is 0.316. The molecular weight excluding hydrogens is 238 g/mol. The van der Waals surface area contributed by atoms with Gasteiger partial charge in [-0.2, -0.15) is 0 Å². The van der Waals surface area contributed by atoms with Crippen molar-refractivity contribution in [2.75, 3.05) is 18.5 Å². The third-order valence-corrected chi connectivity index (χ3v) is 2.79. The van der Waals surface area contributed by atoms with Gasteiger partial charge >= 0.3 is 0 Å². The van der Waals surface area contributed by atoms with Crippen LogP contribution in [0.3, 0.4) is 0 Å². The average Bonchev–Trinajstić information content (AvgIpc) is 2.42. The van der Waals surface area contributed by atoms with Gasteiger partial charge in [0.05, 0.1) is 11.6 Å². The maximum absolute atomic E-state index is 5.49. The predicted octanol–water partition coefficient (Wildman–Crippen LogP) is 3.25. The van der Waals surface area contributed by atoms with Crippen LogP contribution in [0.4, 0.5) is 5.95 Å². The molecule has 0 unspecified atom stereocenters. The molecule has 0 fully saturated rings. The maximum Gasteiger partial charge on any atom is 0.223 e. The highest BCUT2D eigenvalue weighted by Crippen LogP contribution is 2.11. The summed E-state index contributed by atoms with van der Waals surface area (Å²) >= 11 is 0. The number of anilines is 1. The Morgan fingerprint density at radius 2 is 2.05 bits per heavy atom. The monoisotopic (exact) mass is 259 g/mol. The van der Waals surface area contributed by atoms with Crippen molar-refractivity contribution in [1.29, 1.82) is 0 Å². The Bertz CT molecular complexity index is 513. The number of hydrogen-bond acceptors (Lipinski definition) is 4. The first-order valence-electron chi connectivity index (χ1n) is 6.83. The van der Waals surface area contributed by atoms with Gasteiger partial charge in [0.25, 0.3) is 0 Å². The fraction of sp³-hybridized carbons (Fsp3) is 0.467. The molecule has 19 heavy (non-hydrogen) atoms. The van der Waals surface area contributed by atoms with E-state index in [0.29, 0.717) is 12.1 Å². The van der Waals surface area contributed by atoms with E-state index in [1.165, 1.54) is 0 Å². The second-order valence-electron chi connectivity index (χ2n) is 4.81. The first kappa shape index (κ1) is 13.7. The van der Waals surface area contributed by atoms with Crippen LogP contribution in [0.15, 0.2) is 30.5 Å². The third-order valence-electron chi connectivity index (χ3n) is 2.79. The standard InChI is InChI=1S/C15H21N3O/c1-12(2)19-10-6-5-9-16-15-17-11-13-7-3-4-8-14(13)18-15/h3-4,7-8,11-12H,5-6,9-10H2,1-2H3,(H,16,17,18). The zero-order valence-corrected chi connectivity index (χ0v) is 11.6. The summed E-state index contributed by atoms with van der Waals surface area (Å²) in [6.45, 7) is 5.81. The smallest absolute Gasteiger partial charge is 0.223 e. The van der Waals surface area contributed by atoms with Crippen LogP contribution in [0.2, 0.25) is 0 Å². The van der Waals surface area contributed by atoms with E-state index in [1.807, 2.05) is 30.5 Å². The summed E-state index contributed by atoms with van der Waals surface area (Å²) in [6.07, 6.45) is 4.28. The van der Waals surface area contributed by atoms with Crippen molar-refractivity contribution >= 4 is 16.9 Å². The van der Waals surface area contributed by atoms with Gasteiger partial charge in [-0.3, -0.25) is 0 Å². The fourth-order valence-electron chi connectivity index (χ4n) is 1.80. The molecule has 102 valence electrons. The van der Waals surface area contributed by atoms with Crippen LogP contribution >= 0.6 is 0 Å². The van der Waals surface area contributed by atoms with Crippen LogP contribution in [0.1, 0.15) is 26.7 Å². The zero-order chi connectivity index (χ0) is 13.5. The van der Waals surface area contributed by atoms with Gasteiger partial charge in [0, 0.05) is 24.7 Å². The normalized spacial score (nSPS) is 11.1. The molecule has 4 heteroatoms. The summed E-state index contributed by atoms with van der Waals surface area (Å²) in [5.41, 5.74) is 0.975. The van der Waals surface area contributed by atoms with E-state index in [9.17, 15) is 0 Å². The van der Waals surface area contributed by atoms with Gasteiger partial charge in [-0.25, -0.2) is 9.97 Å². The van der Waals surface area contributed by atoms with E-state index >= 15 is 0 Å².